The Hall–Kier alpha value is -3.95. The number of carbonyl (C=O) groups is 3. The molecule has 0 bridgehead atoms. The minimum absolute atomic E-state index is 0.128. The van der Waals surface area contributed by atoms with Crippen molar-refractivity contribution in [2.75, 3.05) is 34.2 Å². The van der Waals surface area contributed by atoms with Crippen LogP contribution in [0.1, 0.15) is 39.0 Å². The third-order valence-electron chi connectivity index (χ3n) is 7.82. The monoisotopic (exact) mass is 557 g/mol. The molecule has 1 unspecified atom stereocenters. The highest BCUT2D eigenvalue weighted by Gasteiger charge is 2.53. The Labute approximate surface area is 238 Å². The van der Waals surface area contributed by atoms with Crippen molar-refractivity contribution in [3.05, 3.63) is 93.3 Å². The zero-order valence-electron chi connectivity index (χ0n) is 23.4. The van der Waals surface area contributed by atoms with Gasteiger partial charge in [0.1, 0.15) is 11.2 Å². The second-order valence-electron chi connectivity index (χ2n) is 10.7. The van der Waals surface area contributed by atoms with E-state index in [4.69, 9.17) is 0 Å². The Kier molecular flexibility index (Phi) is 7.78. The standard InChI is InChI=1S/C31H35N5O3S/c1-31(22-9-6-5-7-10-22)29(38)36(30(39)35(31)4)17-14-21-12-13-26-25(19-21)24(15-16-34(2)3)27(33-26)28(37)32-20-23-11-8-18-40-23/h5-13,18-19,33H,14-17,20H2,1-4H3,(H,32,37). The number of imide groups is 1. The summed E-state index contributed by atoms with van der Waals surface area (Å²) in [7, 11) is 5.71. The van der Waals surface area contributed by atoms with Gasteiger partial charge in [0, 0.05) is 35.9 Å². The topological polar surface area (TPSA) is 88.8 Å². The molecule has 5 rings (SSSR count). The zero-order valence-corrected chi connectivity index (χ0v) is 24.2. The van der Waals surface area contributed by atoms with Gasteiger partial charge in [-0.3, -0.25) is 14.5 Å². The van der Waals surface area contributed by atoms with Gasteiger partial charge in [-0.05, 0) is 74.1 Å². The first kappa shape index (κ1) is 27.6. The Morgan fingerprint density at radius 3 is 2.52 bits per heavy atom. The van der Waals surface area contributed by atoms with Crippen molar-refractivity contribution in [2.24, 2.45) is 0 Å². The maximum atomic E-state index is 13.5. The van der Waals surface area contributed by atoms with Gasteiger partial charge >= 0.3 is 6.03 Å². The van der Waals surface area contributed by atoms with Crippen LogP contribution in [0.4, 0.5) is 4.79 Å². The summed E-state index contributed by atoms with van der Waals surface area (Å²) < 4.78 is 0. The van der Waals surface area contributed by atoms with Crippen LogP contribution in [0.15, 0.2) is 66.0 Å². The van der Waals surface area contributed by atoms with E-state index in [0.717, 1.165) is 39.0 Å². The maximum absolute atomic E-state index is 13.5. The van der Waals surface area contributed by atoms with Gasteiger partial charge in [0.15, 0.2) is 0 Å². The van der Waals surface area contributed by atoms with Crippen molar-refractivity contribution >= 4 is 40.1 Å². The molecule has 0 spiro atoms. The fourth-order valence-electron chi connectivity index (χ4n) is 5.29. The molecular weight excluding hydrogens is 522 g/mol. The van der Waals surface area contributed by atoms with Crippen LogP contribution in [0.2, 0.25) is 0 Å². The Morgan fingerprint density at radius 2 is 1.82 bits per heavy atom. The quantitative estimate of drug-likeness (QED) is 0.279. The number of H-pyrrole nitrogens is 1. The Bertz CT molecular complexity index is 1530. The van der Waals surface area contributed by atoms with E-state index in [-0.39, 0.29) is 24.4 Å². The van der Waals surface area contributed by atoms with Gasteiger partial charge in [-0.15, -0.1) is 11.3 Å². The number of aromatic amines is 1. The van der Waals surface area contributed by atoms with Gasteiger partial charge in [0.05, 0.1) is 6.54 Å². The molecule has 4 aromatic rings. The first-order valence-electron chi connectivity index (χ1n) is 13.4. The molecule has 0 radical (unpaired) electrons. The van der Waals surface area contributed by atoms with Crippen molar-refractivity contribution in [2.45, 2.75) is 31.8 Å². The van der Waals surface area contributed by atoms with E-state index in [2.05, 4.69) is 21.3 Å². The summed E-state index contributed by atoms with van der Waals surface area (Å²) >= 11 is 1.61. The SMILES string of the molecule is CN(C)CCc1c(C(=O)NCc2cccs2)[nH]c2ccc(CCN3C(=O)N(C)C(C)(c4ccccc4)C3=O)cc12. The Balaban J connectivity index is 1.37. The van der Waals surface area contributed by atoms with E-state index in [1.54, 1.807) is 25.3 Å². The first-order chi connectivity index (χ1) is 19.2. The minimum atomic E-state index is -1.03. The number of likely N-dealkylation sites (N-methyl/N-ethyl adjacent to an activating group) is 2. The zero-order chi connectivity index (χ0) is 28.4. The summed E-state index contributed by atoms with van der Waals surface area (Å²) in [6.45, 7) is 3.36. The average Bonchev–Trinajstić information content (AvgIpc) is 3.65. The summed E-state index contributed by atoms with van der Waals surface area (Å²) in [6, 6.07) is 19.2. The number of benzene rings is 2. The van der Waals surface area contributed by atoms with Crippen LogP contribution in [0, 0.1) is 0 Å². The molecule has 1 saturated heterocycles. The van der Waals surface area contributed by atoms with E-state index in [1.807, 2.05) is 74.1 Å². The number of aromatic nitrogens is 1. The van der Waals surface area contributed by atoms with E-state index in [0.29, 0.717) is 25.1 Å². The number of nitrogens with one attached hydrogen (secondary N) is 2. The summed E-state index contributed by atoms with van der Waals surface area (Å²) in [5, 5.41) is 6.03. The highest BCUT2D eigenvalue weighted by molar-refractivity contribution is 7.09. The molecule has 1 fully saturated rings. The van der Waals surface area contributed by atoms with Crippen LogP contribution in [0.5, 0.6) is 0 Å². The number of thiophene rings is 1. The molecule has 1 atom stereocenters. The molecule has 4 amide bonds. The first-order valence-corrected chi connectivity index (χ1v) is 14.3. The van der Waals surface area contributed by atoms with Crippen LogP contribution >= 0.6 is 11.3 Å². The number of hydrogen-bond acceptors (Lipinski definition) is 5. The molecule has 0 aliphatic carbocycles. The van der Waals surface area contributed by atoms with Crippen LogP contribution in [-0.2, 0) is 29.7 Å². The number of urea groups is 1. The molecule has 208 valence electrons. The lowest BCUT2D eigenvalue weighted by molar-refractivity contribution is -0.132. The molecule has 2 aromatic heterocycles. The molecule has 9 heteroatoms. The number of nitrogens with zero attached hydrogens (tertiary/aromatic N) is 3. The average molecular weight is 558 g/mol. The van der Waals surface area contributed by atoms with Gasteiger partial charge in [-0.25, -0.2) is 4.79 Å². The van der Waals surface area contributed by atoms with Crippen LogP contribution in [0.3, 0.4) is 0 Å². The summed E-state index contributed by atoms with van der Waals surface area (Å²) in [4.78, 5) is 49.3. The van der Waals surface area contributed by atoms with Crippen LogP contribution in [0.25, 0.3) is 10.9 Å². The van der Waals surface area contributed by atoms with Crippen molar-refractivity contribution in [1.29, 1.82) is 0 Å². The lowest BCUT2D eigenvalue weighted by Gasteiger charge is -2.28. The van der Waals surface area contributed by atoms with Crippen LogP contribution in [-0.4, -0.2) is 71.8 Å². The van der Waals surface area contributed by atoms with Crippen molar-refractivity contribution in [3.63, 3.8) is 0 Å². The molecule has 1 aliphatic heterocycles. The van der Waals surface area contributed by atoms with Gasteiger partial charge in [-0.2, -0.15) is 0 Å². The number of hydrogen-bond donors (Lipinski definition) is 2. The number of fused-ring (bicyclic) bond motifs is 1. The molecule has 8 nitrogen and oxygen atoms in total. The van der Waals surface area contributed by atoms with E-state index in [1.165, 1.54) is 9.80 Å². The highest BCUT2D eigenvalue weighted by Crippen LogP contribution is 2.36. The lowest BCUT2D eigenvalue weighted by atomic mass is 9.91. The number of carbonyl (C=O) groups excluding carboxylic acids is 3. The third-order valence-corrected chi connectivity index (χ3v) is 8.70. The van der Waals surface area contributed by atoms with Gasteiger partial charge in [0.2, 0.25) is 0 Å². The fraction of sp³-hybridized carbons (Fsp3) is 0.323. The van der Waals surface area contributed by atoms with Crippen LogP contribution < -0.4 is 5.32 Å². The normalized spacial score (nSPS) is 17.4. The highest BCUT2D eigenvalue weighted by atomic mass is 32.1. The van der Waals surface area contributed by atoms with Gasteiger partial charge < -0.3 is 20.1 Å². The second-order valence-corrected chi connectivity index (χ2v) is 11.7. The van der Waals surface area contributed by atoms with Crippen molar-refractivity contribution < 1.29 is 14.4 Å². The van der Waals surface area contributed by atoms with E-state index in [9.17, 15) is 14.4 Å². The minimum Gasteiger partial charge on any atom is -0.350 e. The van der Waals surface area contributed by atoms with E-state index < -0.39 is 5.54 Å². The third kappa shape index (κ3) is 5.14. The van der Waals surface area contributed by atoms with Crippen molar-refractivity contribution in [3.8, 4) is 0 Å². The Morgan fingerprint density at radius 1 is 1.05 bits per heavy atom. The number of amides is 4. The van der Waals surface area contributed by atoms with E-state index >= 15 is 0 Å². The lowest BCUT2D eigenvalue weighted by Crippen LogP contribution is -2.42. The second kappa shape index (κ2) is 11.3. The molecule has 1 aliphatic rings. The summed E-state index contributed by atoms with van der Waals surface area (Å²) in [5.41, 5.74) is 3.20. The fourth-order valence-corrected chi connectivity index (χ4v) is 5.94. The molecule has 0 saturated carbocycles. The molecule has 40 heavy (non-hydrogen) atoms. The predicted molar refractivity (Wildman–Crippen MR) is 158 cm³/mol. The van der Waals surface area contributed by atoms with Gasteiger partial charge in [0.25, 0.3) is 11.8 Å². The predicted octanol–water partition coefficient (Wildman–Crippen LogP) is 4.62. The largest absolute Gasteiger partial charge is 0.350 e. The van der Waals surface area contributed by atoms with Gasteiger partial charge in [-0.1, -0.05) is 42.5 Å². The van der Waals surface area contributed by atoms with Crippen molar-refractivity contribution in [1.82, 2.24) is 25.0 Å². The summed E-state index contributed by atoms with van der Waals surface area (Å²) in [6.07, 6.45) is 1.23. The molecule has 3 heterocycles. The maximum Gasteiger partial charge on any atom is 0.327 e. The molecular formula is C31H35N5O3S. The summed E-state index contributed by atoms with van der Waals surface area (Å²) in [5.74, 6) is -0.346. The smallest absolute Gasteiger partial charge is 0.327 e. The molecule has 2 aromatic carbocycles. The molecule has 2 N–H and O–H groups in total. The number of rotatable bonds is 10.